The maximum Gasteiger partial charge on any atom is 0.300 e. The highest BCUT2D eigenvalue weighted by molar-refractivity contribution is 6.51. The van der Waals surface area contributed by atoms with Gasteiger partial charge in [-0.1, -0.05) is 23.7 Å². The maximum absolute atomic E-state index is 13.3. The number of carbonyl (C=O) groups is 2. The molecular weight excluding hydrogens is 442 g/mol. The lowest BCUT2D eigenvalue weighted by Crippen LogP contribution is -2.29. The first-order valence-corrected chi connectivity index (χ1v) is 10.8. The molecule has 0 aliphatic carbocycles. The number of halogens is 1. The van der Waals surface area contributed by atoms with E-state index in [1.54, 1.807) is 43.3 Å². The molecule has 1 N–H and O–H groups in total. The minimum absolute atomic E-state index is 0.0747. The molecule has 0 radical (unpaired) electrons. The topological polar surface area (TPSA) is 80.0 Å². The van der Waals surface area contributed by atoms with Crippen molar-refractivity contribution in [3.63, 3.8) is 0 Å². The Balaban J connectivity index is 2.00. The monoisotopic (exact) mass is 465 g/mol. The van der Waals surface area contributed by atoms with Crippen LogP contribution in [-0.4, -0.2) is 23.9 Å². The lowest BCUT2D eigenvalue weighted by atomic mass is 9.96. The van der Waals surface area contributed by atoms with Gasteiger partial charge in [0.05, 0.1) is 18.2 Å². The lowest BCUT2D eigenvalue weighted by Gasteiger charge is -2.24. The third-order valence-corrected chi connectivity index (χ3v) is 6.19. The smallest absolute Gasteiger partial charge is 0.300 e. The lowest BCUT2D eigenvalue weighted by molar-refractivity contribution is -0.132. The second-order valence-electron chi connectivity index (χ2n) is 8.21. The van der Waals surface area contributed by atoms with Crippen molar-refractivity contribution in [3.8, 4) is 5.75 Å². The summed E-state index contributed by atoms with van der Waals surface area (Å²) < 4.78 is 11.3. The molecule has 1 fully saturated rings. The molecule has 1 saturated heterocycles. The molecule has 0 spiro atoms. The van der Waals surface area contributed by atoms with Crippen molar-refractivity contribution in [2.75, 3.05) is 12.0 Å². The zero-order valence-corrected chi connectivity index (χ0v) is 19.8. The number of aliphatic hydroxyl groups excluding tert-OH is 1. The Morgan fingerprint density at radius 2 is 1.76 bits per heavy atom. The van der Waals surface area contributed by atoms with Crippen molar-refractivity contribution < 1.29 is 23.8 Å². The van der Waals surface area contributed by atoms with E-state index < -0.39 is 17.7 Å². The average Bonchev–Trinajstić information content (AvgIpc) is 3.30. The zero-order chi connectivity index (χ0) is 24.0. The molecule has 1 aliphatic rings. The third kappa shape index (κ3) is 3.80. The third-order valence-electron chi connectivity index (χ3n) is 5.79. The molecule has 33 heavy (non-hydrogen) atoms. The van der Waals surface area contributed by atoms with Gasteiger partial charge in [-0.25, -0.2) is 0 Å². The number of amides is 1. The van der Waals surface area contributed by atoms with Gasteiger partial charge in [0.1, 0.15) is 29.1 Å². The molecule has 0 saturated carbocycles. The van der Waals surface area contributed by atoms with Gasteiger partial charge in [-0.15, -0.1) is 0 Å². The normalized spacial score (nSPS) is 17.6. The highest BCUT2D eigenvalue weighted by Crippen LogP contribution is 2.44. The van der Waals surface area contributed by atoms with Crippen LogP contribution in [0.25, 0.3) is 5.76 Å². The summed E-state index contributed by atoms with van der Waals surface area (Å²) in [5.41, 5.74) is 3.20. The second-order valence-corrected chi connectivity index (χ2v) is 8.62. The summed E-state index contributed by atoms with van der Waals surface area (Å²) >= 11 is 6.32. The Morgan fingerprint density at radius 3 is 2.36 bits per heavy atom. The highest BCUT2D eigenvalue weighted by atomic mass is 35.5. The number of nitrogens with zero attached hydrogens (tertiary/aromatic N) is 1. The summed E-state index contributed by atoms with van der Waals surface area (Å²) in [7, 11) is 1.49. The fraction of sp³-hybridized carbons (Fsp3) is 0.231. The van der Waals surface area contributed by atoms with Gasteiger partial charge in [-0.05, 0) is 74.7 Å². The molecule has 6 nitrogen and oxygen atoms in total. The fourth-order valence-electron chi connectivity index (χ4n) is 4.25. The van der Waals surface area contributed by atoms with E-state index in [2.05, 4.69) is 0 Å². The number of furan rings is 1. The Bertz CT molecular complexity index is 1320. The summed E-state index contributed by atoms with van der Waals surface area (Å²) in [6.45, 7) is 7.34. The van der Waals surface area contributed by atoms with Crippen LogP contribution in [0.1, 0.15) is 39.8 Å². The molecule has 1 atom stereocenters. The molecule has 2 heterocycles. The number of ketones is 1. The number of aliphatic hydroxyl groups is 1. The van der Waals surface area contributed by atoms with Crippen LogP contribution in [0.3, 0.4) is 0 Å². The van der Waals surface area contributed by atoms with Gasteiger partial charge < -0.3 is 14.3 Å². The molecule has 3 aromatic rings. The predicted octanol–water partition coefficient (Wildman–Crippen LogP) is 5.80. The SMILES string of the molecule is COc1c(C)cc(C)cc1/C(O)=C1\C(=O)C(=O)N(c2ccc(C)c(Cl)c2)C1c1ccc(C)o1. The number of ether oxygens (including phenoxy) is 1. The van der Waals surface area contributed by atoms with Gasteiger partial charge in [0.25, 0.3) is 11.7 Å². The van der Waals surface area contributed by atoms with Gasteiger partial charge in [0.15, 0.2) is 0 Å². The average molecular weight is 466 g/mol. The molecule has 7 heteroatoms. The van der Waals surface area contributed by atoms with Crippen LogP contribution in [0.15, 0.2) is 52.5 Å². The van der Waals surface area contributed by atoms with Crippen molar-refractivity contribution >= 4 is 34.7 Å². The van der Waals surface area contributed by atoms with Gasteiger partial charge >= 0.3 is 0 Å². The van der Waals surface area contributed by atoms with Crippen LogP contribution >= 0.6 is 11.6 Å². The van der Waals surface area contributed by atoms with Crippen LogP contribution in [0.2, 0.25) is 5.02 Å². The summed E-state index contributed by atoms with van der Waals surface area (Å²) in [5.74, 6) is -0.521. The molecule has 4 rings (SSSR count). The van der Waals surface area contributed by atoms with E-state index in [-0.39, 0.29) is 11.3 Å². The summed E-state index contributed by atoms with van der Waals surface area (Å²) in [5, 5.41) is 11.9. The Hall–Kier alpha value is -3.51. The number of hydrogen-bond donors (Lipinski definition) is 1. The molecule has 170 valence electrons. The van der Waals surface area contributed by atoms with Gasteiger partial charge in [-0.3, -0.25) is 14.5 Å². The van der Waals surface area contributed by atoms with E-state index >= 15 is 0 Å². The number of benzene rings is 2. The Kier molecular flexibility index (Phi) is 5.80. The number of carbonyl (C=O) groups excluding carboxylic acids is 2. The number of methoxy groups -OCH3 is 1. The molecular formula is C26H24ClNO5. The minimum Gasteiger partial charge on any atom is -0.507 e. The van der Waals surface area contributed by atoms with Crippen molar-refractivity contribution in [2.45, 2.75) is 33.7 Å². The van der Waals surface area contributed by atoms with Crippen LogP contribution < -0.4 is 9.64 Å². The first-order chi connectivity index (χ1) is 15.6. The number of hydrogen-bond acceptors (Lipinski definition) is 5. The largest absolute Gasteiger partial charge is 0.507 e. The summed E-state index contributed by atoms with van der Waals surface area (Å²) in [4.78, 5) is 27.8. The van der Waals surface area contributed by atoms with Crippen LogP contribution in [0, 0.1) is 27.7 Å². The van der Waals surface area contributed by atoms with Gasteiger partial charge in [0, 0.05) is 10.7 Å². The quantitative estimate of drug-likeness (QED) is 0.299. The minimum atomic E-state index is -0.969. The molecule has 2 aromatic carbocycles. The van der Waals surface area contributed by atoms with E-state index in [1.807, 2.05) is 26.8 Å². The van der Waals surface area contributed by atoms with Crippen LogP contribution in [-0.2, 0) is 9.59 Å². The summed E-state index contributed by atoms with van der Waals surface area (Å²) in [6, 6.07) is 11.2. The number of Topliss-reactive ketones (excluding diaryl/α,β-unsaturated/α-hetero) is 1. The highest BCUT2D eigenvalue weighted by Gasteiger charge is 2.48. The van der Waals surface area contributed by atoms with Gasteiger partial charge in [-0.2, -0.15) is 0 Å². The van der Waals surface area contributed by atoms with Crippen molar-refractivity contribution in [3.05, 3.63) is 86.8 Å². The van der Waals surface area contributed by atoms with Crippen LogP contribution in [0.5, 0.6) is 5.75 Å². The van der Waals surface area contributed by atoms with E-state index in [0.29, 0.717) is 33.5 Å². The van der Waals surface area contributed by atoms with Gasteiger partial charge in [0.2, 0.25) is 0 Å². The molecule has 0 bridgehead atoms. The molecule has 1 aliphatic heterocycles. The first kappa shape index (κ1) is 22.7. The standard InChI is InChI=1S/C26H24ClNO5/c1-13-10-15(3)25(32-5)18(11-13)23(29)21-22(20-9-7-16(4)33-20)28(26(31)24(21)30)17-8-6-14(2)19(27)12-17/h6-12,22,29H,1-5H3/b23-21+. The Morgan fingerprint density at radius 1 is 1.03 bits per heavy atom. The Labute approximate surface area is 197 Å². The maximum atomic E-state index is 13.3. The molecule has 1 aromatic heterocycles. The van der Waals surface area contributed by atoms with Crippen molar-refractivity contribution in [1.82, 2.24) is 0 Å². The van der Waals surface area contributed by atoms with E-state index in [9.17, 15) is 14.7 Å². The molecule has 1 unspecified atom stereocenters. The number of rotatable bonds is 4. The second kappa shape index (κ2) is 8.45. The van der Waals surface area contributed by atoms with E-state index in [0.717, 1.165) is 16.7 Å². The van der Waals surface area contributed by atoms with Crippen molar-refractivity contribution in [2.24, 2.45) is 0 Å². The van der Waals surface area contributed by atoms with E-state index in [1.165, 1.54) is 12.0 Å². The van der Waals surface area contributed by atoms with E-state index in [4.69, 9.17) is 20.8 Å². The van der Waals surface area contributed by atoms with Crippen molar-refractivity contribution in [1.29, 1.82) is 0 Å². The number of aryl methyl sites for hydroxylation is 4. The molecule has 1 amide bonds. The first-order valence-electron chi connectivity index (χ1n) is 10.4. The van der Waals surface area contributed by atoms with Crippen LogP contribution in [0.4, 0.5) is 5.69 Å². The number of anilines is 1. The predicted molar refractivity (Wildman–Crippen MR) is 127 cm³/mol. The fourth-order valence-corrected chi connectivity index (χ4v) is 4.42. The zero-order valence-electron chi connectivity index (χ0n) is 19.0. The summed E-state index contributed by atoms with van der Waals surface area (Å²) in [6.07, 6.45) is 0.